The molecule has 8 heteroatoms. The molecule has 0 bridgehead atoms. The van der Waals surface area contributed by atoms with Gasteiger partial charge in [-0.05, 0) is 73.7 Å². The fraction of sp³-hybridized carbons (Fsp3) is 0.333. The number of aliphatic carboxylic acids is 2. The van der Waals surface area contributed by atoms with Gasteiger partial charge in [-0.25, -0.2) is 14.0 Å². The molecule has 154 valence electrons. The lowest BCUT2D eigenvalue weighted by molar-refractivity contribution is -0.159. The zero-order chi connectivity index (χ0) is 20.8. The minimum Gasteiger partial charge on any atom is -0.473 e. The van der Waals surface area contributed by atoms with Crippen molar-refractivity contribution in [3.8, 4) is 0 Å². The summed E-state index contributed by atoms with van der Waals surface area (Å²) >= 11 is 0. The smallest absolute Gasteiger partial charge is 0.414 e. The number of rotatable bonds is 4. The maximum atomic E-state index is 13.5. The number of likely N-dealkylation sites (tertiary alicyclic amines) is 1. The number of hydrogen-bond acceptors (Lipinski definition) is 3. The average Bonchev–Trinajstić information content (AvgIpc) is 3.37. The Hall–Kier alpha value is -3.13. The molecule has 0 radical (unpaired) electrons. The molecule has 7 nitrogen and oxygen atoms in total. The summed E-state index contributed by atoms with van der Waals surface area (Å²) in [7, 11) is 0. The molecule has 1 aliphatic heterocycles. The van der Waals surface area contributed by atoms with Gasteiger partial charge in [0.15, 0.2) is 0 Å². The molecule has 4 rings (SSSR count). The summed E-state index contributed by atoms with van der Waals surface area (Å²) in [6.45, 7) is 3.36. The second-order valence-corrected chi connectivity index (χ2v) is 7.13. The highest BCUT2D eigenvalue weighted by Gasteiger charge is 2.22. The van der Waals surface area contributed by atoms with Gasteiger partial charge in [0.2, 0.25) is 0 Å². The average molecular weight is 401 g/mol. The number of nitrogens with one attached hydrogen (secondary N) is 2. The summed E-state index contributed by atoms with van der Waals surface area (Å²) in [5.74, 6) is -3.26. The number of fused-ring (bicyclic) bond motifs is 1. The molecule has 1 aromatic carbocycles. The van der Waals surface area contributed by atoms with Crippen LogP contribution in [0.3, 0.4) is 0 Å². The monoisotopic (exact) mass is 401 g/mol. The summed E-state index contributed by atoms with van der Waals surface area (Å²) in [5, 5.41) is 15.8. The lowest BCUT2D eigenvalue weighted by Crippen LogP contribution is -2.34. The van der Waals surface area contributed by atoms with Crippen LogP contribution in [0, 0.1) is 5.82 Å². The van der Waals surface area contributed by atoms with E-state index >= 15 is 0 Å². The van der Waals surface area contributed by atoms with Gasteiger partial charge in [-0.3, -0.25) is 0 Å². The Balaban J connectivity index is 0.000000353. The van der Waals surface area contributed by atoms with Crippen LogP contribution >= 0.6 is 0 Å². The number of benzene rings is 1. The Morgan fingerprint density at radius 3 is 2.45 bits per heavy atom. The molecule has 0 saturated carbocycles. The van der Waals surface area contributed by atoms with Gasteiger partial charge in [0.1, 0.15) is 5.82 Å². The topological polar surface area (TPSA) is 109 Å². The Morgan fingerprint density at radius 1 is 1.10 bits per heavy atom. The van der Waals surface area contributed by atoms with Gasteiger partial charge in [-0.1, -0.05) is 0 Å². The fourth-order valence-electron chi connectivity index (χ4n) is 3.72. The first kappa shape index (κ1) is 20.6. The van der Waals surface area contributed by atoms with Gasteiger partial charge < -0.3 is 25.1 Å². The molecule has 0 spiro atoms. The van der Waals surface area contributed by atoms with E-state index in [0.29, 0.717) is 5.92 Å². The van der Waals surface area contributed by atoms with E-state index in [1.165, 1.54) is 17.2 Å². The maximum absolute atomic E-state index is 13.5. The fourth-order valence-corrected chi connectivity index (χ4v) is 3.72. The van der Waals surface area contributed by atoms with Crippen molar-refractivity contribution in [3.63, 3.8) is 0 Å². The highest BCUT2D eigenvalue weighted by Crippen LogP contribution is 2.33. The molecule has 1 fully saturated rings. The lowest BCUT2D eigenvalue weighted by Gasteiger charge is -2.31. The van der Waals surface area contributed by atoms with Crippen LogP contribution in [0.4, 0.5) is 4.39 Å². The third kappa shape index (κ3) is 5.45. The van der Waals surface area contributed by atoms with Crippen molar-refractivity contribution in [2.45, 2.75) is 25.2 Å². The van der Waals surface area contributed by atoms with E-state index in [-0.39, 0.29) is 5.82 Å². The van der Waals surface area contributed by atoms with E-state index in [9.17, 15) is 4.39 Å². The lowest BCUT2D eigenvalue weighted by atomic mass is 9.89. The Labute approximate surface area is 167 Å². The van der Waals surface area contributed by atoms with Gasteiger partial charge in [0, 0.05) is 36.0 Å². The number of piperidine rings is 1. The van der Waals surface area contributed by atoms with Crippen LogP contribution in [0.2, 0.25) is 0 Å². The van der Waals surface area contributed by atoms with E-state index in [4.69, 9.17) is 19.8 Å². The molecular formula is C21H24FN3O4. The first-order valence-corrected chi connectivity index (χ1v) is 9.51. The van der Waals surface area contributed by atoms with Crippen molar-refractivity contribution in [2.24, 2.45) is 0 Å². The second-order valence-electron chi connectivity index (χ2n) is 7.13. The molecule has 0 unspecified atom stereocenters. The van der Waals surface area contributed by atoms with Crippen LogP contribution in [0.5, 0.6) is 0 Å². The second kappa shape index (κ2) is 9.38. The van der Waals surface area contributed by atoms with Crippen molar-refractivity contribution in [2.75, 3.05) is 19.6 Å². The Morgan fingerprint density at radius 2 is 1.83 bits per heavy atom. The minimum absolute atomic E-state index is 0.151. The predicted octanol–water partition coefficient (Wildman–Crippen LogP) is 3.21. The van der Waals surface area contributed by atoms with Gasteiger partial charge in [0.25, 0.3) is 0 Å². The molecule has 1 aliphatic rings. The van der Waals surface area contributed by atoms with E-state index in [1.54, 1.807) is 6.07 Å². The number of nitrogens with zero attached hydrogens (tertiary/aromatic N) is 1. The van der Waals surface area contributed by atoms with Crippen LogP contribution in [-0.4, -0.2) is 56.7 Å². The van der Waals surface area contributed by atoms with Crippen LogP contribution in [0.15, 0.2) is 42.9 Å². The molecular weight excluding hydrogens is 377 g/mol. The largest absolute Gasteiger partial charge is 0.473 e. The molecule has 2 aromatic heterocycles. The van der Waals surface area contributed by atoms with Crippen molar-refractivity contribution >= 4 is 22.8 Å². The number of H-pyrrole nitrogens is 2. The predicted molar refractivity (Wildman–Crippen MR) is 106 cm³/mol. The normalized spacial score (nSPS) is 15.1. The molecule has 3 aromatic rings. The Kier molecular flexibility index (Phi) is 6.66. The van der Waals surface area contributed by atoms with Crippen LogP contribution in [0.1, 0.15) is 29.9 Å². The highest BCUT2D eigenvalue weighted by atomic mass is 19.1. The van der Waals surface area contributed by atoms with Gasteiger partial charge in [-0.2, -0.15) is 0 Å². The zero-order valence-electron chi connectivity index (χ0n) is 15.9. The number of carboxylic acid groups (broad SMARTS) is 2. The molecule has 0 amide bonds. The molecule has 29 heavy (non-hydrogen) atoms. The van der Waals surface area contributed by atoms with Crippen molar-refractivity contribution in [1.29, 1.82) is 0 Å². The standard InChI is InChI=1S/C19H22FN3.C2H2O4/c20-16-1-2-19-17(11-16)18(13-22-19)15-5-9-23(10-6-15)8-4-14-3-7-21-12-14;3-1(4)2(5)6/h1-3,7,11-13,15,21-22H,4-6,8-10H2;(H,3,4)(H,5,6). The van der Waals surface area contributed by atoms with Gasteiger partial charge in [-0.15, -0.1) is 0 Å². The van der Waals surface area contributed by atoms with Crippen LogP contribution in [0.25, 0.3) is 10.9 Å². The number of aromatic nitrogens is 2. The van der Waals surface area contributed by atoms with Crippen molar-refractivity contribution < 1.29 is 24.2 Å². The molecule has 0 aliphatic carbocycles. The molecule has 3 heterocycles. The highest BCUT2D eigenvalue weighted by molar-refractivity contribution is 6.27. The summed E-state index contributed by atoms with van der Waals surface area (Å²) in [4.78, 5) is 27.1. The first-order valence-electron chi connectivity index (χ1n) is 9.51. The molecule has 1 saturated heterocycles. The zero-order valence-corrected chi connectivity index (χ0v) is 15.9. The number of hydrogen-bond donors (Lipinski definition) is 4. The van der Waals surface area contributed by atoms with E-state index in [1.807, 2.05) is 12.3 Å². The quantitative estimate of drug-likeness (QED) is 0.502. The SMILES string of the molecule is Fc1ccc2[nH]cc(C3CCN(CCc4cc[nH]c4)CC3)c2c1.O=C(O)C(=O)O. The molecule has 0 atom stereocenters. The summed E-state index contributed by atoms with van der Waals surface area (Å²) < 4.78 is 13.5. The van der Waals surface area contributed by atoms with Crippen LogP contribution in [-0.2, 0) is 16.0 Å². The minimum atomic E-state index is -1.82. The van der Waals surface area contributed by atoms with E-state index < -0.39 is 11.9 Å². The first-order chi connectivity index (χ1) is 13.9. The summed E-state index contributed by atoms with van der Waals surface area (Å²) in [6, 6.07) is 7.17. The van der Waals surface area contributed by atoms with Gasteiger partial charge >= 0.3 is 11.9 Å². The van der Waals surface area contributed by atoms with E-state index in [0.717, 1.165) is 49.8 Å². The number of carbonyl (C=O) groups is 2. The van der Waals surface area contributed by atoms with Crippen LogP contribution < -0.4 is 0 Å². The summed E-state index contributed by atoms with van der Waals surface area (Å²) in [6.07, 6.45) is 9.54. The van der Waals surface area contributed by atoms with Crippen molar-refractivity contribution in [1.82, 2.24) is 14.9 Å². The summed E-state index contributed by atoms with van der Waals surface area (Å²) in [5.41, 5.74) is 3.69. The number of aromatic amines is 2. The third-order valence-electron chi connectivity index (χ3n) is 5.27. The van der Waals surface area contributed by atoms with E-state index in [2.05, 4.69) is 33.3 Å². The third-order valence-corrected chi connectivity index (χ3v) is 5.27. The van der Waals surface area contributed by atoms with Gasteiger partial charge in [0.05, 0.1) is 0 Å². The molecule has 4 N–H and O–H groups in total. The van der Waals surface area contributed by atoms with Crippen molar-refractivity contribution in [3.05, 3.63) is 59.8 Å². The maximum Gasteiger partial charge on any atom is 0.414 e. The number of carboxylic acids is 2. The Bertz CT molecular complexity index is 948. The number of halogens is 1.